The van der Waals surface area contributed by atoms with Crippen LogP contribution in [-0.4, -0.2) is 29.9 Å². The number of hydrogen-bond acceptors (Lipinski definition) is 2. The summed E-state index contributed by atoms with van der Waals surface area (Å²) >= 11 is 0. The molecule has 0 radical (unpaired) electrons. The Morgan fingerprint density at radius 1 is 1.22 bits per heavy atom. The molecule has 92 valence electrons. The van der Waals surface area contributed by atoms with Crippen LogP contribution in [0.15, 0.2) is 24.3 Å². The van der Waals surface area contributed by atoms with Crippen LogP contribution in [-0.2, 0) is 12.8 Å². The van der Waals surface area contributed by atoms with Crippen molar-refractivity contribution >= 4 is 16.8 Å². The average Bonchev–Trinajstić information content (AvgIpc) is 2.82. The second-order valence-electron chi connectivity index (χ2n) is 4.98. The minimum atomic E-state index is 0.0896. The van der Waals surface area contributed by atoms with E-state index in [2.05, 4.69) is 4.98 Å². The third-order valence-corrected chi connectivity index (χ3v) is 3.54. The van der Waals surface area contributed by atoms with Crippen molar-refractivity contribution in [3.8, 4) is 0 Å². The molecule has 1 heterocycles. The van der Waals surface area contributed by atoms with E-state index in [0.29, 0.717) is 0 Å². The van der Waals surface area contributed by atoms with Crippen molar-refractivity contribution in [2.45, 2.75) is 19.3 Å². The van der Waals surface area contributed by atoms with Crippen LogP contribution in [0, 0.1) is 0 Å². The molecule has 3 rings (SSSR count). The van der Waals surface area contributed by atoms with E-state index in [0.717, 1.165) is 47.0 Å². The number of pyridine rings is 1. The maximum atomic E-state index is 12.4. The van der Waals surface area contributed by atoms with E-state index in [1.54, 1.807) is 19.0 Å². The molecule has 0 aliphatic heterocycles. The Labute approximate surface area is 106 Å². The lowest BCUT2D eigenvalue weighted by atomic mass is 10.0. The normalized spacial score (nSPS) is 13.7. The Morgan fingerprint density at radius 2 is 2.00 bits per heavy atom. The minimum absolute atomic E-state index is 0.0896. The van der Waals surface area contributed by atoms with E-state index < -0.39 is 0 Å². The molecule has 0 saturated heterocycles. The molecule has 0 atom stereocenters. The summed E-state index contributed by atoms with van der Waals surface area (Å²) in [5.74, 6) is 0.0896. The van der Waals surface area contributed by atoms with Crippen LogP contribution < -0.4 is 0 Å². The number of amides is 1. The Morgan fingerprint density at radius 3 is 2.78 bits per heavy atom. The lowest BCUT2D eigenvalue weighted by Crippen LogP contribution is -2.23. The van der Waals surface area contributed by atoms with Gasteiger partial charge in [0, 0.05) is 25.2 Å². The molecule has 1 aromatic heterocycles. The van der Waals surface area contributed by atoms with Crippen molar-refractivity contribution in [1.29, 1.82) is 0 Å². The highest BCUT2D eigenvalue weighted by Gasteiger charge is 2.24. The van der Waals surface area contributed by atoms with E-state index in [1.807, 2.05) is 24.3 Å². The zero-order valence-electron chi connectivity index (χ0n) is 10.7. The Hall–Kier alpha value is -1.90. The number of carbonyl (C=O) groups excluding carboxylic acids is 1. The Kier molecular flexibility index (Phi) is 2.54. The van der Waals surface area contributed by atoms with Crippen LogP contribution in [0.25, 0.3) is 10.9 Å². The molecule has 3 heteroatoms. The molecule has 0 N–H and O–H groups in total. The highest BCUT2D eigenvalue weighted by Crippen LogP contribution is 2.30. The molecule has 18 heavy (non-hydrogen) atoms. The van der Waals surface area contributed by atoms with Gasteiger partial charge >= 0.3 is 0 Å². The lowest BCUT2D eigenvalue weighted by Gasteiger charge is -2.16. The first kappa shape index (κ1) is 11.2. The van der Waals surface area contributed by atoms with Gasteiger partial charge in [0.05, 0.1) is 11.1 Å². The molecule has 1 aliphatic rings. The summed E-state index contributed by atoms with van der Waals surface area (Å²) in [6.45, 7) is 0. The van der Waals surface area contributed by atoms with Gasteiger partial charge < -0.3 is 4.90 Å². The molecule has 0 bridgehead atoms. The van der Waals surface area contributed by atoms with Crippen LogP contribution in [0.2, 0.25) is 0 Å². The first-order valence-corrected chi connectivity index (χ1v) is 6.30. The fraction of sp³-hybridized carbons (Fsp3) is 0.333. The Balaban J connectivity index is 2.36. The molecule has 0 unspecified atom stereocenters. The lowest BCUT2D eigenvalue weighted by molar-refractivity contribution is 0.0828. The van der Waals surface area contributed by atoms with Crippen LogP contribution in [0.5, 0.6) is 0 Å². The SMILES string of the molecule is CN(C)C(=O)c1c2c(nc3ccccc13)CCC2. The molecule has 1 amide bonds. The standard InChI is InChI=1S/C15H16N2O/c1-17(2)15(18)14-10-6-3-4-8-12(10)16-13-9-5-7-11(13)14/h3-4,6,8H,5,7,9H2,1-2H3. The van der Waals surface area contributed by atoms with Gasteiger partial charge in [-0.2, -0.15) is 0 Å². The average molecular weight is 240 g/mol. The number of hydrogen-bond donors (Lipinski definition) is 0. The summed E-state index contributed by atoms with van der Waals surface area (Å²) in [5, 5.41) is 0.983. The van der Waals surface area contributed by atoms with Crippen molar-refractivity contribution in [2.24, 2.45) is 0 Å². The topological polar surface area (TPSA) is 33.2 Å². The van der Waals surface area contributed by atoms with E-state index in [1.165, 1.54) is 0 Å². The summed E-state index contributed by atoms with van der Waals surface area (Å²) in [6, 6.07) is 7.93. The van der Waals surface area contributed by atoms with E-state index >= 15 is 0 Å². The maximum Gasteiger partial charge on any atom is 0.254 e. The largest absolute Gasteiger partial charge is 0.345 e. The molecule has 3 nitrogen and oxygen atoms in total. The van der Waals surface area contributed by atoms with Gasteiger partial charge in [-0.15, -0.1) is 0 Å². The van der Waals surface area contributed by atoms with Crippen LogP contribution in [0.4, 0.5) is 0 Å². The number of aryl methyl sites for hydroxylation is 1. The molecular formula is C15H16N2O. The summed E-state index contributed by atoms with van der Waals surface area (Å²) in [4.78, 5) is 18.8. The molecule has 0 saturated carbocycles. The van der Waals surface area contributed by atoms with Crippen molar-refractivity contribution in [3.05, 3.63) is 41.1 Å². The summed E-state index contributed by atoms with van der Waals surface area (Å²) in [7, 11) is 3.61. The molecule has 0 fully saturated rings. The van der Waals surface area contributed by atoms with E-state index in [-0.39, 0.29) is 5.91 Å². The number of aromatic nitrogens is 1. The maximum absolute atomic E-state index is 12.4. The number of carbonyl (C=O) groups is 1. The van der Waals surface area contributed by atoms with Gasteiger partial charge in [0.25, 0.3) is 5.91 Å². The van der Waals surface area contributed by atoms with Crippen LogP contribution >= 0.6 is 0 Å². The first-order valence-electron chi connectivity index (χ1n) is 6.30. The van der Waals surface area contributed by atoms with Crippen LogP contribution in [0.3, 0.4) is 0 Å². The fourth-order valence-electron chi connectivity index (χ4n) is 2.68. The van der Waals surface area contributed by atoms with E-state index in [4.69, 9.17) is 0 Å². The number of para-hydroxylation sites is 1. The minimum Gasteiger partial charge on any atom is -0.345 e. The Bertz CT molecular complexity index is 632. The monoisotopic (exact) mass is 240 g/mol. The van der Waals surface area contributed by atoms with Crippen molar-refractivity contribution in [3.63, 3.8) is 0 Å². The molecular weight excluding hydrogens is 224 g/mol. The molecule has 1 aromatic carbocycles. The first-order chi connectivity index (χ1) is 8.68. The van der Waals surface area contributed by atoms with Gasteiger partial charge in [-0.1, -0.05) is 18.2 Å². The smallest absolute Gasteiger partial charge is 0.254 e. The van der Waals surface area contributed by atoms with Gasteiger partial charge in [-0.25, -0.2) is 0 Å². The van der Waals surface area contributed by atoms with Crippen molar-refractivity contribution in [1.82, 2.24) is 9.88 Å². The molecule has 1 aliphatic carbocycles. The van der Waals surface area contributed by atoms with Gasteiger partial charge in [-0.3, -0.25) is 9.78 Å². The summed E-state index contributed by atoms with van der Waals surface area (Å²) in [6.07, 6.45) is 3.07. The van der Waals surface area contributed by atoms with Crippen LogP contribution in [0.1, 0.15) is 28.0 Å². The van der Waals surface area contributed by atoms with Gasteiger partial charge in [-0.05, 0) is 30.9 Å². The summed E-state index contributed by atoms with van der Waals surface area (Å²) < 4.78 is 0. The zero-order chi connectivity index (χ0) is 12.7. The quantitative estimate of drug-likeness (QED) is 0.767. The predicted octanol–water partition coefficient (Wildman–Crippen LogP) is 2.43. The zero-order valence-corrected chi connectivity index (χ0v) is 10.7. The van der Waals surface area contributed by atoms with Gasteiger partial charge in [0.2, 0.25) is 0 Å². The summed E-state index contributed by atoms with van der Waals surface area (Å²) in [5.41, 5.74) is 4.06. The molecule has 0 spiro atoms. The van der Waals surface area contributed by atoms with E-state index in [9.17, 15) is 4.79 Å². The van der Waals surface area contributed by atoms with Gasteiger partial charge in [0.1, 0.15) is 0 Å². The highest BCUT2D eigenvalue weighted by molar-refractivity contribution is 6.07. The highest BCUT2D eigenvalue weighted by atomic mass is 16.2. The second-order valence-corrected chi connectivity index (χ2v) is 4.98. The number of nitrogens with zero attached hydrogens (tertiary/aromatic N) is 2. The third-order valence-electron chi connectivity index (χ3n) is 3.54. The number of fused-ring (bicyclic) bond motifs is 2. The predicted molar refractivity (Wildman–Crippen MR) is 71.8 cm³/mol. The fourth-order valence-corrected chi connectivity index (χ4v) is 2.68. The van der Waals surface area contributed by atoms with Gasteiger partial charge in [0.15, 0.2) is 0 Å². The third kappa shape index (κ3) is 1.58. The second kappa shape index (κ2) is 4.09. The number of benzene rings is 1. The molecule has 2 aromatic rings. The number of rotatable bonds is 1. The van der Waals surface area contributed by atoms with Crippen molar-refractivity contribution < 1.29 is 4.79 Å². The van der Waals surface area contributed by atoms with Crippen molar-refractivity contribution in [2.75, 3.05) is 14.1 Å².